The zero-order valence-corrected chi connectivity index (χ0v) is 14.0. The topological polar surface area (TPSA) is 0 Å². The number of rotatable bonds is 0. The molecule has 0 atom stereocenters. The second-order valence-corrected chi connectivity index (χ2v) is 12.4. The molecule has 0 aliphatic heterocycles. The van der Waals surface area contributed by atoms with Gasteiger partial charge in [0.15, 0.2) is 0 Å². The van der Waals surface area contributed by atoms with Crippen LogP contribution in [0, 0.1) is 11.8 Å². The van der Waals surface area contributed by atoms with Crippen LogP contribution in [0.2, 0.25) is 0 Å². The zero-order valence-electron chi connectivity index (χ0n) is 7.70. The molecule has 0 N–H and O–H groups in total. The Labute approximate surface area is 118 Å². The molecule has 14 heavy (non-hydrogen) atoms. The Morgan fingerprint density at radius 1 is 0.714 bits per heavy atom. The van der Waals surface area contributed by atoms with Gasteiger partial charge in [-0.25, -0.2) is 0 Å². The summed E-state index contributed by atoms with van der Waals surface area (Å²) in [5.41, 5.74) is 0. The lowest BCUT2D eigenvalue weighted by Gasteiger charge is -2.63. The van der Waals surface area contributed by atoms with E-state index in [0.29, 0.717) is 8.65 Å². The Balaban J connectivity index is 2.03. The molecule has 4 bridgehead atoms. The molecule has 4 saturated carbocycles. The molecule has 0 amide bonds. The highest BCUT2D eigenvalue weighted by Gasteiger charge is 2.64. The van der Waals surface area contributed by atoms with Crippen LogP contribution in [0.1, 0.15) is 32.1 Å². The van der Waals surface area contributed by atoms with Gasteiger partial charge in [0, 0.05) is 8.65 Å². The molecule has 0 aromatic heterocycles. The molecule has 0 spiro atoms. The van der Waals surface area contributed by atoms with Gasteiger partial charge >= 0.3 is 0 Å². The largest absolute Gasteiger partial charge is 0.0863 e. The highest BCUT2D eigenvalue weighted by Crippen LogP contribution is 2.70. The van der Waals surface area contributed by atoms with E-state index in [-0.39, 0.29) is 3.23 Å². The third kappa shape index (κ3) is 1.46. The molecule has 0 heterocycles. The molecule has 0 aromatic rings. The van der Waals surface area contributed by atoms with Crippen LogP contribution < -0.4 is 0 Å². The lowest BCUT2D eigenvalue weighted by atomic mass is 9.56. The number of hydrogen-bond donors (Lipinski definition) is 0. The van der Waals surface area contributed by atoms with Crippen molar-refractivity contribution in [1.82, 2.24) is 0 Å². The van der Waals surface area contributed by atoms with E-state index in [9.17, 15) is 0 Å². The Morgan fingerprint density at radius 3 is 1.43 bits per heavy atom. The number of alkyl halides is 4. The van der Waals surface area contributed by atoms with Gasteiger partial charge in [0.1, 0.15) is 0 Å². The summed E-state index contributed by atoms with van der Waals surface area (Å²) < 4.78 is 1.07. The molecule has 4 heteroatoms. The van der Waals surface area contributed by atoms with Crippen LogP contribution in [0.5, 0.6) is 0 Å². The first-order valence-electron chi connectivity index (χ1n) is 5.09. The minimum atomic E-state index is 0.217. The lowest BCUT2D eigenvalue weighted by Crippen LogP contribution is -2.61. The SMILES string of the molecule is BrC12CC3CC(Br)(CC(C1)C3(Br)Br)C2. The van der Waals surface area contributed by atoms with Crippen LogP contribution in [0.3, 0.4) is 0 Å². The molecule has 4 rings (SSSR count). The molecule has 0 saturated heterocycles. The van der Waals surface area contributed by atoms with E-state index in [2.05, 4.69) is 63.7 Å². The van der Waals surface area contributed by atoms with E-state index in [1.54, 1.807) is 0 Å². The minimum absolute atomic E-state index is 0.217. The third-order valence-electron chi connectivity index (χ3n) is 4.17. The molecule has 0 unspecified atom stereocenters. The molecular weight excluding hydrogens is 440 g/mol. The van der Waals surface area contributed by atoms with Crippen molar-refractivity contribution >= 4 is 63.7 Å². The molecule has 4 fully saturated rings. The summed E-state index contributed by atoms with van der Waals surface area (Å²) in [7, 11) is 0. The Kier molecular flexibility index (Phi) is 2.38. The standard InChI is InChI=1S/C10H12Br4/c11-8-1-6-2-9(12,5-8)4-7(3-8)10(6,13)14/h6-7H,1-5H2. The Hall–Kier alpha value is 1.92. The second kappa shape index (κ2) is 3.02. The lowest BCUT2D eigenvalue weighted by molar-refractivity contribution is 0.0640. The molecule has 80 valence electrons. The van der Waals surface area contributed by atoms with Crippen molar-refractivity contribution < 1.29 is 0 Å². The summed E-state index contributed by atoms with van der Waals surface area (Å²) in [4.78, 5) is 0. The van der Waals surface area contributed by atoms with Crippen LogP contribution in [0.4, 0.5) is 0 Å². The molecule has 4 aliphatic carbocycles. The number of hydrogen-bond acceptors (Lipinski definition) is 0. The highest BCUT2D eigenvalue weighted by molar-refractivity contribution is 9.25. The van der Waals surface area contributed by atoms with Gasteiger partial charge in [-0.05, 0) is 43.9 Å². The van der Waals surface area contributed by atoms with Crippen molar-refractivity contribution in [2.45, 2.75) is 44.0 Å². The minimum Gasteiger partial charge on any atom is -0.0853 e. The van der Waals surface area contributed by atoms with Crippen molar-refractivity contribution in [2.75, 3.05) is 0 Å². The molecule has 0 radical (unpaired) electrons. The van der Waals surface area contributed by atoms with Gasteiger partial charge in [-0.15, -0.1) is 0 Å². The molecule has 0 aromatic carbocycles. The monoisotopic (exact) mass is 448 g/mol. The van der Waals surface area contributed by atoms with Crippen LogP contribution in [-0.2, 0) is 0 Å². The summed E-state index contributed by atoms with van der Waals surface area (Å²) in [5.74, 6) is 1.53. The van der Waals surface area contributed by atoms with Gasteiger partial charge in [0.25, 0.3) is 0 Å². The average Bonchev–Trinajstić information content (AvgIpc) is 1.96. The quantitative estimate of drug-likeness (QED) is 0.457. The van der Waals surface area contributed by atoms with Crippen LogP contribution in [0.25, 0.3) is 0 Å². The van der Waals surface area contributed by atoms with Crippen LogP contribution >= 0.6 is 63.7 Å². The van der Waals surface area contributed by atoms with Gasteiger partial charge in [-0.2, -0.15) is 0 Å². The first kappa shape index (κ1) is 11.0. The van der Waals surface area contributed by atoms with E-state index in [4.69, 9.17) is 0 Å². The van der Waals surface area contributed by atoms with Crippen LogP contribution in [0.15, 0.2) is 0 Å². The van der Waals surface area contributed by atoms with Crippen molar-refractivity contribution in [1.29, 1.82) is 0 Å². The number of halogens is 4. The molecule has 0 nitrogen and oxygen atoms in total. The first-order valence-corrected chi connectivity index (χ1v) is 8.26. The third-order valence-corrected chi connectivity index (χ3v) is 8.62. The van der Waals surface area contributed by atoms with E-state index in [1.807, 2.05) is 0 Å². The molecule has 4 aliphatic rings. The van der Waals surface area contributed by atoms with Gasteiger partial charge in [0.05, 0.1) is 3.23 Å². The predicted molar refractivity (Wildman–Crippen MR) is 74.0 cm³/mol. The summed E-state index contributed by atoms with van der Waals surface area (Å²) in [6.07, 6.45) is 6.56. The maximum atomic E-state index is 3.97. The van der Waals surface area contributed by atoms with Crippen molar-refractivity contribution in [3.63, 3.8) is 0 Å². The average molecular weight is 452 g/mol. The van der Waals surface area contributed by atoms with Gasteiger partial charge in [-0.3, -0.25) is 0 Å². The van der Waals surface area contributed by atoms with Gasteiger partial charge in [-0.1, -0.05) is 63.7 Å². The van der Waals surface area contributed by atoms with Crippen molar-refractivity contribution in [3.8, 4) is 0 Å². The maximum Gasteiger partial charge on any atom is 0.0863 e. The van der Waals surface area contributed by atoms with E-state index in [0.717, 1.165) is 11.8 Å². The zero-order chi connectivity index (χ0) is 10.2. The highest BCUT2D eigenvalue weighted by atomic mass is 79.9. The Bertz CT molecular complexity index is 248. The summed E-state index contributed by atoms with van der Waals surface area (Å²) in [6, 6.07) is 0. The fourth-order valence-electron chi connectivity index (χ4n) is 3.81. The van der Waals surface area contributed by atoms with E-state index >= 15 is 0 Å². The van der Waals surface area contributed by atoms with Crippen molar-refractivity contribution in [2.24, 2.45) is 11.8 Å². The molecular formula is C10H12Br4. The smallest absolute Gasteiger partial charge is 0.0853 e. The van der Waals surface area contributed by atoms with Crippen LogP contribution in [-0.4, -0.2) is 11.9 Å². The maximum absolute atomic E-state index is 3.97. The second-order valence-electron chi connectivity index (χ2n) is 5.36. The first-order chi connectivity index (χ1) is 6.33. The van der Waals surface area contributed by atoms with Crippen molar-refractivity contribution in [3.05, 3.63) is 0 Å². The fourth-order valence-corrected chi connectivity index (χ4v) is 8.12. The summed E-state index contributed by atoms with van der Waals surface area (Å²) in [5, 5.41) is 0. The van der Waals surface area contributed by atoms with E-state index < -0.39 is 0 Å². The fraction of sp³-hybridized carbons (Fsp3) is 1.00. The van der Waals surface area contributed by atoms with Gasteiger partial charge < -0.3 is 0 Å². The van der Waals surface area contributed by atoms with Gasteiger partial charge in [0.2, 0.25) is 0 Å². The van der Waals surface area contributed by atoms with E-state index in [1.165, 1.54) is 32.1 Å². The normalized spacial score (nSPS) is 59.1. The summed E-state index contributed by atoms with van der Waals surface area (Å²) in [6.45, 7) is 0. The Morgan fingerprint density at radius 2 is 1.07 bits per heavy atom. The summed E-state index contributed by atoms with van der Waals surface area (Å²) >= 11 is 15.8. The predicted octanol–water partition coefficient (Wildman–Crippen LogP) is 4.96.